The number of aliphatic hydroxyl groups excluding tert-OH is 1. The van der Waals surface area contributed by atoms with Crippen molar-refractivity contribution in [3.63, 3.8) is 0 Å². The molecule has 1 N–H and O–H groups in total. The first kappa shape index (κ1) is 20.8. The molecule has 0 aliphatic rings. The van der Waals surface area contributed by atoms with Gasteiger partial charge in [0.15, 0.2) is 0 Å². The Morgan fingerprint density at radius 3 is 2.06 bits per heavy atom. The Hall–Kier alpha value is 1.51. The molecule has 0 heterocycles. The number of hydrogen-bond donors (Lipinski definition) is 1. The molecule has 1 atom stereocenters. The summed E-state index contributed by atoms with van der Waals surface area (Å²) in [5, 5.41) is 7.87. The second kappa shape index (κ2) is 12.5. The second-order valence-corrected chi connectivity index (χ2v) is 5.84. The Balaban J connectivity index is 0. The average Bonchev–Trinajstić information content (AvgIpc) is 2.20. The maximum Gasteiger partial charge on any atom is 1.00 e. The van der Waals surface area contributed by atoms with Crippen molar-refractivity contribution in [2.24, 2.45) is 0 Å². The van der Waals surface area contributed by atoms with Crippen LogP contribution >= 0.6 is 0 Å². The first-order valence-electron chi connectivity index (χ1n) is 6.08. The van der Waals surface area contributed by atoms with Crippen molar-refractivity contribution in [1.29, 1.82) is 0 Å². The van der Waals surface area contributed by atoms with Crippen molar-refractivity contribution in [3.8, 4) is 0 Å². The van der Waals surface area contributed by atoms with Gasteiger partial charge < -0.3 is 9.66 Å². The van der Waals surface area contributed by atoms with Crippen LogP contribution in [0.15, 0.2) is 0 Å². The molecule has 0 rings (SSSR count). The minimum absolute atomic E-state index is 0. The van der Waals surface area contributed by atoms with Gasteiger partial charge in [-0.15, -0.1) is 0 Å². The van der Waals surface area contributed by atoms with Crippen molar-refractivity contribution in [3.05, 3.63) is 0 Å². The molecule has 0 amide bonds. The third kappa shape index (κ3) is 12.3. The maximum absolute atomic E-state index is 10.9. The molecule has 98 valence electrons. The summed E-state index contributed by atoms with van der Waals surface area (Å²) >= 11 is 0. The van der Waals surface area contributed by atoms with Gasteiger partial charge in [0.05, 0.1) is 10.1 Å². The van der Waals surface area contributed by atoms with E-state index in [-0.39, 0.29) is 58.0 Å². The summed E-state index contributed by atoms with van der Waals surface area (Å²) in [5.41, 5.74) is 0. The van der Waals surface area contributed by atoms with E-state index in [0.29, 0.717) is 12.8 Å². The van der Waals surface area contributed by atoms with Crippen LogP contribution in [0.4, 0.5) is 0 Å². The van der Waals surface area contributed by atoms with Gasteiger partial charge in [0, 0.05) is 11.9 Å². The van der Waals surface area contributed by atoms with E-state index in [0.717, 1.165) is 38.5 Å². The number of unbranched alkanes of at least 4 members (excludes halogenated alkanes) is 4. The Morgan fingerprint density at radius 1 is 1.06 bits per heavy atom. The van der Waals surface area contributed by atoms with E-state index in [1.165, 1.54) is 0 Å². The predicted octanol–water partition coefficient (Wildman–Crippen LogP) is -0.963. The molecule has 0 saturated heterocycles. The molecule has 4 nitrogen and oxygen atoms in total. The minimum Gasteiger partial charge on any atom is -0.748 e. The van der Waals surface area contributed by atoms with E-state index in [9.17, 15) is 13.0 Å². The molecule has 0 bridgehead atoms. The van der Waals surface area contributed by atoms with Gasteiger partial charge in [-0.2, -0.15) is 0 Å². The fraction of sp³-hybridized carbons (Fsp3) is 1.00. The standard InChI is InChI=1S/C11H24O4S.K/c1-2-8-11(16(13,14)15)9-6-4-3-5-7-10-12;/h11-12H,2-10H2,1H3,(H,13,14,15);/q;+1/p-1. The van der Waals surface area contributed by atoms with E-state index in [1.807, 2.05) is 6.92 Å². The van der Waals surface area contributed by atoms with Gasteiger partial charge in [-0.05, 0) is 19.3 Å². The van der Waals surface area contributed by atoms with Crippen LogP contribution in [0, 0.1) is 0 Å². The molecule has 0 aromatic heterocycles. The summed E-state index contributed by atoms with van der Waals surface area (Å²) in [7, 11) is -4.11. The Morgan fingerprint density at radius 2 is 1.59 bits per heavy atom. The maximum atomic E-state index is 10.9. The number of rotatable bonds is 10. The van der Waals surface area contributed by atoms with Crippen LogP contribution in [-0.4, -0.2) is 29.9 Å². The Bertz CT molecular complexity index is 254. The number of hydrogen-bond acceptors (Lipinski definition) is 4. The molecule has 0 aromatic carbocycles. The van der Waals surface area contributed by atoms with Crippen molar-refractivity contribution in [1.82, 2.24) is 0 Å². The Kier molecular flexibility index (Phi) is 15.3. The first-order chi connectivity index (χ1) is 7.52. The average molecular weight is 290 g/mol. The summed E-state index contributed by atoms with van der Waals surface area (Å²) < 4.78 is 32.7. The largest absolute Gasteiger partial charge is 1.00 e. The van der Waals surface area contributed by atoms with Crippen LogP contribution in [0.25, 0.3) is 0 Å². The quantitative estimate of drug-likeness (QED) is 0.319. The normalized spacial score (nSPS) is 13.1. The van der Waals surface area contributed by atoms with E-state index in [1.54, 1.807) is 0 Å². The summed E-state index contributed by atoms with van der Waals surface area (Å²) in [5.74, 6) is 0. The van der Waals surface area contributed by atoms with Gasteiger partial charge >= 0.3 is 51.4 Å². The zero-order chi connectivity index (χ0) is 12.4. The molecule has 6 heteroatoms. The van der Waals surface area contributed by atoms with E-state index < -0.39 is 15.4 Å². The first-order valence-corrected chi connectivity index (χ1v) is 7.55. The van der Waals surface area contributed by atoms with Gasteiger partial charge in [-0.3, -0.25) is 0 Å². The second-order valence-electron chi connectivity index (χ2n) is 4.18. The third-order valence-corrected chi connectivity index (χ3v) is 3.99. The molecule has 0 radical (unpaired) electrons. The fourth-order valence-corrected chi connectivity index (χ4v) is 2.75. The van der Waals surface area contributed by atoms with Crippen molar-refractivity contribution in [2.45, 2.75) is 63.5 Å². The summed E-state index contributed by atoms with van der Waals surface area (Å²) in [6.45, 7) is 2.10. The zero-order valence-corrected chi connectivity index (χ0v) is 15.0. The smallest absolute Gasteiger partial charge is 0.748 e. The van der Waals surface area contributed by atoms with Crippen molar-refractivity contribution >= 4 is 10.1 Å². The molecule has 0 fully saturated rings. The van der Waals surface area contributed by atoms with Crippen molar-refractivity contribution in [2.75, 3.05) is 6.61 Å². The van der Waals surface area contributed by atoms with Gasteiger partial charge in [0.2, 0.25) is 0 Å². The van der Waals surface area contributed by atoms with Crippen LogP contribution in [0.1, 0.15) is 58.3 Å². The summed E-state index contributed by atoms with van der Waals surface area (Å²) in [4.78, 5) is 0. The van der Waals surface area contributed by atoms with Crippen LogP contribution in [0.2, 0.25) is 0 Å². The van der Waals surface area contributed by atoms with Gasteiger partial charge in [0.1, 0.15) is 0 Å². The molecule has 1 unspecified atom stereocenters. The van der Waals surface area contributed by atoms with Crippen LogP contribution in [-0.2, 0) is 10.1 Å². The van der Waals surface area contributed by atoms with E-state index in [2.05, 4.69) is 0 Å². The fourth-order valence-electron chi connectivity index (χ4n) is 1.77. The molecular formula is C11H23KO4S. The van der Waals surface area contributed by atoms with Gasteiger partial charge in [-0.25, -0.2) is 8.42 Å². The molecular weight excluding hydrogens is 267 g/mol. The van der Waals surface area contributed by atoms with Crippen LogP contribution < -0.4 is 51.4 Å². The molecule has 0 aliphatic heterocycles. The predicted molar refractivity (Wildman–Crippen MR) is 63.2 cm³/mol. The van der Waals surface area contributed by atoms with Crippen LogP contribution in [0.3, 0.4) is 0 Å². The third-order valence-electron chi connectivity index (χ3n) is 2.70. The molecule has 17 heavy (non-hydrogen) atoms. The SMILES string of the molecule is CCCC(CCCCCCCO)S(=O)(=O)[O-].[K+]. The van der Waals surface area contributed by atoms with Gasteiger partial charge in [0.25, 0.3) is 0 Å². The van der Waals surface area contributed by atoms with E-state index >= 15 is 0 Å². The zero-order valence-electron chi connectivity index (χ0n) is 11.0. The number of aliphatic hydroxyl groups is 1. The Labute approximate surface area is 148 Å². The molecule has 0 aliphatic carbocycles. The summed E-state index contributed by atoms with van der Waals surface area (Å²) in [6.07, 6.45) is 6.20. The molecule has 0 aromatic rings. The summed E-state index contributed by atoms with van der Waals surface area (Å²) in [6, 6.07) is 0. The van der Waals surface area contributed by atoms with E-state index in [4.69, 9.17) is 5.11 Å². The molecule has 0 spiro atoms. The topological polar surface area (TPSA) is 77.4 Å². The van der Waals surface area contributed by atoms with Crippen molar-refractivity contribution < 1.29 is 69.5 Å². The van der Waals surface area contributed by atoms with Gasteiger partial charge in [-0.1, -0.05) is 39.0 Å². The molecule has 0 saturated carbocycles. The van der Waals surface area contributed by atoms with Crippen LogP contribution in [0.5, 0.6) is 0 Å². The monoisotopic (exact) mass is 290 g/mol. The minimum atomic E-state index is -4.11.